The molecule has 4 rings (SSSR count). The van der Waals surface area contributed by atoms with Crippen molar-refractivity contribution in [1.82, 2.24) is 4.98 Å². The summed E-state index contributed by atoms with van der Waals surface area (Å²) in [5.41, 5.74) is 1.85. The van der Waals surface area contributed by atoms with Gasteiger partial charge in [-0.3, -0.25) is 0 Å². The third kappa shape index (κ3) is 1.81. The fourth-order valence-corrected chi connectivity index (χ4v) is 2.67. The molecule has 0 bridgehead atoms. The van der Waals surface area contributed by atoms with Crippen molar-refractivity contribution < 1.29 is 14.3 Å². The van der Waals surface area contributed by atoms with E-state index in [0.717, 1.165) is 10.8 Å². The predicted molar refractivity (Wildman–Crippen MR) is 85.2 cm³/mol. The van der Waals surface area contributed by atoms with Crippen molar-refractivity contribution in [1.29, 1.82) is 0 Å². The largest absolute Gasteiger partial charge is 0.507 e. The quantitative estimate of drug-likeness (QED) is 0.596. The highest BCUT2D eigenvalue weighted by Crippen LogP contribution is 2.38. The Labute approximate surface area is 126 Å². The van der Waals surface area contributed by atoms with Gasteiger partial charge in [0.25, 0.3) is 0 Å². The van der Waals surface area contributed by atoms with Crippen LogP contribution < -0.4 is 4.74 Å². The summed E-state index contributed by atoms with van der Waals surface area (Å²) in [7, 11) is 1.62. The Hall–Kier alpha value is -3.01. The minimum atomic E-state index is 0.137. The number of methoxy groups -OCH3 is 1. The Morgan fingerprint density at radius 1 is 1.05 bits per heavy atom. The second-order valence-corrected chi connectivity index (χ2v) is 5.01. The second kappa shape index (κ2) is 4.77. The average Bonchev–Trinajstić information content (AvgIpc) is 2.96. The van der Waals surface area contributed by atoms with Crippen LogP contribution >= 0.6 is 0 Å². The molecule has 0 atom stereocenters. The second-order valence-electron chi connectivity index (χ2n) is 5.01. The number of phenolic OH excluding ortho intramolecular Hbond substituents is 1. The molecule has 0 amide bonds. The van der Waals surface area contributed by atoms with Crippen molar-refractivity contribution in [3.8, 4) is 23.0 Å². The highest BCUT2D eigenvalue weighted by molar-refractivity contribution is 6.02. The van der Waals surface area contributed by atoms with E-state index in [0.29, 0.717) is 28.3 Å². The summed E-state index contributed by atoms with van der Waals surface area (Å²) < 4.78 is 11.4. The van der Waals surface area contributed by atoms with Crippen molar-refractivity contribution in [3.05, 3.63) is 54.6 Å². The van der Waals surface area contributed by atoms with Crippen LogP contribution in [0.5, 0.6) is 11.5 Å². The van der Waals surface area contributed by atoms with Crippen LogP contribution in [0.1, 0.15) is 0 Å². The SMILES string of the molecule is COc1c2ccccc2cc2oc(-c3ccccc3O)nc12. The van der Waals surface area contributed by atoms with E-state index in [-0.39, 0.29) is 5.75 Å². The first-order valence-electron chi connectivity index (χ1n) is 6.92. The lowest BCUT2D eigenvalue weighted by Gasteiger charge is -2.04. The van der Waals surface area contributed by atoms with E-state index in [9.17, 15) is 5.11 Å². The molecule has 1 heterocycles. The van der Waals surface area contributed by atoms with Crippen LogP contribution in [0.2, 0.25) is 0 Å². The van der Waals surface area contributed by atoms with Gasteiger partial charge in [0.1, 0.15) is 5.75 Å². The van der Waals surface area contributed by atoms with Crippen LogP contribution in [0, 0.1) is 0 Å². The van der Waals surface area contributed by atoms with Crippen LogP contribution in [0.15, 0.2) is 59.0 Å². The van der Waals surface area contributed by atoms with Crippen molar-refractivity contribution in [2.75, 3.05) is 7.11 Å². The molecule has 0 aliphatic carbocycles. The first-order valence-corrected chi connectivity index (χ1v) is 6.92. The van der Waals surface area contributed by atoms with Gasteiger partial charge in [-0.15, -0.1) is 0 Å². The van der Waals surface area contributed by atoms with Crippen molar-refractivity contribution in [2.24, 2.45) is 0 Å². The lowest BCUT2D eigenvalue weighted by molar-refractivity contribution is 0.424. The van der Waals surface area contributed by atoms with Gasteiger partial charge in [-0.2, -0.15) is 0 Å². The molecule has 3 aromatic carbocycles. The Kier molecular flexibility index (Phi) is 2.76. The first-order chi connectivity index (χ1) is 10.8. The molecular weight excluding hydrogens is 278 g/mol. The smallest absolute Gasteiger partial charge is 0.231 e. The molecule has 1 N–H and O–H groups in total. The molecule has 0 unspecified atom stereocenters. The fourth-order valence-electron chi connectivity index (χ4n) is 2.67. The molecule has 0 saturated carbocycles. The Morgan fingerprint density at radius 3 is 2.64 bits per heavy atom. The average molecular weight is 291 g/mol. The summed E-state index contributed by atoms with van der Waals surface area (Å²) in [6, 6.07) is 16.8. The fraction of sp³-hybridized carbons (Fsp3) is 0.0556. The zero-order chi connectivity index (χ0) is 15.1. The van der Waals surface area contributed by atoms with Crippen molar-refractivity contribution in [3.63, 3.8) is 0 Å². The Bertz CT molecular complexity index is 988. The Morgan fingerprint density at radius 2 is 1.82 bits per heavy atom. The van der Waals surface area contributed by atoms with Gasteiger partial charge in [0.05, 0.1) is 12.7 Å². The summed E-state index contributed by atoms with van der Waals surface area (Å²) in [6.45, 7) is 0. The highest BCUT2D eigenvalue weighted by atomic mass is 16.5. The van der Waals surface area contributed by atoms with Gasteiger partial charge in [-0.05, 0) is 23.6 Å². The Balaban J connectivity index is 2.05. The maximum absolute atomic E-state index is 9.97. The van der Waals surface area contributed by atoms with Gasteiger partial charge < -0.3 is 14.3 Å². The van der Waals surface area contributed by atoms with Gasteiger partial charge in [-0.1, -0.05) is 36.4 Å². The van der Waals surface area contributed by atoms with E-state index in [1.807, 2.05) is 36.4 Å². The molecule has 0 radical (unpaired) electrons. The standard InChI is InChI=1S/C18H13NO3/c1-21-17-12-7-3-2-6-11(12)10-15-16(17)19-18(22-15)13-8-4-5-9-14(13)20/h2-10,20H,1H3. The monoisotopic (exact) mass is 291 g/mol. The summed E-state index contributed by atoms with van der Waals surface area (Å²) in [4.78, 5) is 4.51. The summed E-state index contributed by atoms with van der Waals surface area (Å²) in [5, 5.41) is 12.0. The number of oxazole rings is 1. The minimum absolute atomic E-state index is 0.137. The van der Waals surface area contributed by atoms with Crippen molar-refractivity contribution in [2.45, 2.75) is 0 Å². The van der Waals surface area contributed by atoms with Gasteiger partial charge in [0.15, 0.2) is 16.8 Å². The molecule has 0 aliphatic heterocycles. The molecule has 108 valence electrons. The predicted octanol–water partition coefficient (Wildman–Crippen LogP) is 4.36. The van der Waals surface area contributed by atoms with Crippen LogP contribution in [0.4, 0.5) is 0 Å². The van der Waals surface area contributed by atoms with E-state index < -0.39 is 0 Å². The van der Waals surface area contributed by atoms with E-state index in [4.69, 9.17) is 9.15 Å². The number of para-hydroxylation sites is 1. The zero-order valence-corrected chi connectivity index (χ0v) is 11.9. The molecule has 4 aromatic rings. The number of fused-ring (bicyclic) bond motifs is 2. The number of benzene rings is 3. The summed E-state index contributed by atoms with van der Waals surface area (Å²) in [5.74, 6) is 1.19. The van der Waals surface area contributed by atoms with E-state index >= 15 is 0 Å². The topological polar surface area (TPSA) is 55.5 Å². The zero-order valence-electron chi connectivity index (χ0n) is 11.9. The lowest BCUT2D eigenvalue weighted by Crippen LogP contribution is -1.87. The molecule has 0 saturated heterocycles. The molecule has 0 fully saturated rings. The molecule has 4 heteroatoms. The maximum atomic E-state index is 9.97. The number of aromatic hydroxyl groups is 1. The number of hydrogen-bond donors (Lipinski definition) is 1. The molecule has 22 heavy (non-hydrogen) atoms. The van der Waals surface area contributed by atoms with Crippen LogP contribution in [0.3, 0.4) is 0 Å². The van der Waals surface area contributed by atoms with E-state index in [1.165, 1.54) is 0 Å². The molecule has 0 spiro atoms. The molecule has 1 aromatic heterocycles. The van der Waals surface area contributed by atoms with Gasteiger partial charge >= 0.3 is 0 Å². The van der Waals surface area contributed by atoms with Gasteiger partial charge in [0, 0.05) is 5.39 Å². The van der Waals surface area contributed by atoms with E-state index in [1.54, 1.807) is 25.3 Å². The normalized spacial score (nSPS) is 11.1. The van der Waals surface area contributed by atoms with Crippen LogP contribution in [-0.2, 0) is 0 Å². The highest BCUT2D eigenvalue weighted by Gasteiger charge is 2.17. The van der Waals surface area contributed by atoms with Crippen molar-refractivity contribution >= 4 is 21.9 Å². The molecular formula is C18H13NO3. The minimum Gasteiger partial charge on any atom is -0.507 e. The number of nitrogens with zero attached hydrogens (tertiary/aromatic N) is 1. The third-order valence-corrected chi connectivity index (χ3v) is 3.70. The molecule has 0 aliphatic rings. The number of phenols is 1. The maximum Gasteiger partial charge on any atom is 0.231 e. The molecule has 4 nitrogen and oxygen atoms in total. The van der Waals surface area contributed by atoms with Crippen LogP contribution in [-0.4, -0.2) is 17.2 Å². The van der Waals surface area contributed by atoms with Gasteiger partial charge in [0.2, 0.25) is 5.89 Å². The van der Waals surface area contributed by atoms with Crippen LogP contribution in [0.25, 0.3) is 33.3 Å². The van der Waals surface area contributed by atoms with Gasteiger partial charge in [-0.25, -0.2) is 4.98 Å². The third-order valence-electron chi connectivity index (χ3n) is 3.70. The number of ether oxygens (including phenoxy) is 1. The summed E-state index contributed by atoms with van der Waals surface area (Å²) >= 11 is 0. The van der Waals surface area contributed by atoms with E-state index in [2.05, 4.69) is 4.98 Å². The summed E-state index contributed by atoms with van der Waals surface area (Å²) in [6.07, 6.45) is 0. The number of aromatic nitrogens is 1. The number of rotatable bonds is 2. The lowest BCUT2D eigenvalue weighted by atomic mass is 10.1. The number of hydrogen-bond acceptors (Lipinski definition) is 4. The first kappa shape index (κ1) is 12.7.